The summed E-state index contributed by atoms with van der Waals surface area (Å²) < 4.78 is 45.6. The van der Waals surface area contributed by atoms with Gasteiger partial charge in [-0.05, 0) is 50.2 Å². The van der Waals surface area contributed by atoms with Crippen LogP contribution in [0.3, 0.4) is 0 Å². The molecule has 0 spiro atoms. The van der Waals surface area contributed by atoms with Crippen molar-refractivity contribution in [1.29, 1.82) is 0 Å². The van der Waals surface area contributed by atoms with Gasteiger partial charge in [0.15, 0.2) is 0 Å². The number of methoxy groups -OCH3 is 1. The van der Waals surface area contributed by atoms with Gasteiger partial charge in [0, 0.05) is 17.3 Å². The molecular weight excluding hydrogens is 383 g/mol. The van der Waals surface area contributed by atoms with Crippen LogP contribution in [-0.4, -0.2) is 27.5 Å². The quantitative estimate of drug-likeness (QED) is 0.778. The zero-order valence-corrected chi connectivity index (χ0v) is 15.9. The molecule has 0 saturated heterocycles. The van der Waals surface area contributed by atoms with Crippen molar-refractivity contribution in [2.24, 2.45) is 0 Å². The van der Waals surface area contributed by atoms with Crippen LogP contribution in [0, 0.1) is 5.82 Å². The summed E-state index contributed by atoms with van der Waals surface area (Å²) in [6, 6.07) is 7.42. The van der Waals surface area contributed by atoms with Gasteiger partial charge < -0.3 is 10.1 Å². The summed E-state index contributed by atoms with van der Waals surface area (Å²) in [5.74, 6) is -1.07. The van der Waals surface area contributed by atoms with E-state index < -0.39 is 21.7 Å². The zero-order chi connectivity index (χ0) is 19.5. The van der Waals surface area contributed by atoms with Gasteiger partial charge in [0.2, 0.25) is 10.0 Å². The third-order valence-electron chi connectivity index (χ3n) is 3.28. The lowest BCUT2D eigenvalue weighted by Gasteiger charge is -2.14. The van der Waals surface area contributed by atoms with E-state index in [4.69, 9.17) is 16.3 Å². The lowest BCUT2D eigenvalue weighted by Crippen LogP contribution is -2.30. The Bertz CT molecular complexity index is 932. The molecule has 2 rings (SSSR count). The van der Waals surface area contributed by atoms with Crippen molar-refractivity contribution >= 4 is 33.2 Å². The van der Waals surface area contributed by atoms with Crippen molar-refractivity contribution in [3.05, 3.63) is 52.8 Å². The predicted octanol–water partition coefficient (Wildman–Crippen LogP) is 3.43. The maximum atomic E-state index is 13.2. The molecular formula is C17H18ClFN2O4S. The van der Waals surface area contributed by atoms with E-state index in [2.05, 4.69) is 10.0 Å². The SMILES string of the molecule is COc1ccc(C(=O)Nc2ccc(F)c(Cl)c2)cc1S(=O)(=O)NC(C)C. The molecule has 0 aliphatic rings. The number of rotatable bonds is 6. The van der Waals surface area contributed by atoms with Gasteiger partial charge in [0.05, 0.1) is 12.1 Å². The molecule has 9 heteroatoms. The minimum Gasteiger partial charge on any atom is -0.495 e. The summed E-state index contributed by atoms with van der Waals surface area (Å²) in [6.07, 6.45) is 0. The fourth-order valence-electron chi connectivity index (χ4n) is 2.18. The molecule has 0 fully saturated rings. The van der Waals surface area contributed by atoms with Gasteiger partial charge in [-0.3, -0.25) is 4.79 Å². The highest BCUT2D eigenvalue weighted by atomic mass is 35.5. The topological polar surface area (TPSA) is 84.5 Å². The molecule has 140 valence electrons. The number of hydrogen-bond donors (Lipinski definition) is 2. The largest absolute Gasteiger partial charge is 0.495 e. The van der Waals surface area contributed by atoms with E-state index in [1.54, 1.807) is 13.8 Å². The predicted molar refractivity (Wildman–Crippen MR) is 97.8 cm³/mol. The second kappa shape index (κ2) is 8.03. The molecule has 0 aliphatic carbocycles. The monoisotopic (exact) mass is 400 g/mol. The number of amides is 1. The smallest absolute Gasteiger partial charge is 0.255 e. The van der Waals surface area contributed by atoms with Crippen molar-refractivity contribution in [1.82, 2.24) is 4.72 Å². The number of carbonyl (C=O) groups excluding carboxylic acids is 1. The molecule has 0 bridgehead atoms. The highest BCUT2D eigenvalue weighted by Crippen LogP contribution is 2.26. The minimum absolute atomic E-state index is 0.0929. The Morgan fingerprint density at radius 2 is 1.88 bits per heavy atom. The van der Waals surface area contributed by atoms with E-state index >= 15 is 0 Å². The summed E-state index contributed by atoms with van der Waals surface area (Å²) in [5.41, 5.74) is 0.373. The average molecular weight is 401 g/mol. The van der Waals surface area contributed by atoms with Crippen LogP contribution >= 0.6 is 11.6 Å². The van der Waals surface area contributed by atoms with Crippen molar-refractivity contribution in [3.63, 3.8) is 0 Å². The summed E-state index contributed by atoms with van der Waals surface area (Å²) in [7, 11) is -2.53. The minimum atomic E-state index is -3.87. The van der Waals surface area contributed by atoms with Gasteiger partial charge in [-0.1, -0.05) is 11.6 Å². The van der Waals surface area contributed by atoms with E-state index in [0.717, 1.165) is 6.07 Å². The molecule has 2 aromatic carbocycles. The van der Waals surface area contributed by atoms with E-state index in [-0.39, 0.29) is 33.0 Å². The number of halogens is 2. The van der Waals surface area contributed by atoms with Crippen LogP contribution in [0.1, 0.15) is 24.2 Å². The third-order valence-corrected chi connectivity index (χ3v) is 5.25. The number of ether oxygens (including phenoxy) is 1. The molecule has 0 aromatic heterocycles. The average Bonchev–Trinajstić information content (AvgIpc) is 2.56. The Morgan fingerprint density at radius 3 is 2.46 bits per heavy atom. The van der Waals surface area contributed by atoms with E-state index in [0.29, 0.717) is 0 Å². The van der Waals surface area contributed by atoms with Crippen molar-refractivity contribution < 1.29 is 22.3 Å². The number of hydrogen-bond acceptors (Lipinski definition) is 4. The summed E-state index contributed by atoms with van der Waals surface area (Å²) in [6.45, 7) is 3.36. The molecule has 26 heavy (non-hydrogen) atoms. The van der Waals surface area contributed by atoms with Crippen LogP contribution in [0.4, 0.5) is 10.1 Å². The van der Waals surface area contributed by atoms with Crippen LogP contribution in [0.25, 0.3) is 0 Å². The first-order valence-electron chi connectivity index (χ1n) is 7.61. The summed E-state index contributed by atoms with van der Waals surface area (Å²) in [4.78, 5) is 12.3. The molecule has 0 heterocycles. The lowest BCUT2D eigenvalue weighted by atomic mass is 10.2. The number of carbonyl (C=O) groups is 1. The highest BCUT2D eigenvalue weighted by molar-refractivity contribution is 7.89. The Morgan fingerprint density at radius 1 is 1.19 bits per heavy atom. The molecule has 0 atom stereocenters. The molecule has 2 aromatic rings. The van der Waals surface area contributed by atoms with E-state index in [1.165, 1.54) is 37.4 Å². The van der Waals surface area contributed by atoms with E-state index in [9.17, 15) is 17.6 Å². The third kappa shape index (κ3) is 4.72. The Balaban J connectivity index is 2.36. The lowest BCUT2D eigenvalue weighted by molar-refractivity contribution is 0.102. The van der Waals surface area contributed by atoms with Crippen LogP contribution in [0.15, 0.2) is 41.3 Å². The maximum Gasteiger partial charge on any atom is 0.255 e. The van der Waals surface area contributed by atoms with Crippen molar-refractivity contribution in [2.75, 3.05) is 12.4 Å². The first-order valence-corrected chi connectivity index (χ1v) is 9.47. The van der Waals surface area contributed by atoms with Gasteiger partial charge in [-0.15, -0.1) is 0 Å². The van der Waals surface area contributed by atoms with Crippen molar-refractivity contribution in [3.8, 4) is 5.75 Å². The van der Waals surface area contributed by atoms with Crippen LogP contribution in [0.2, 0.25) is 5.02 Å². The number of anilines is 1. The normalized spacial score (nSPS) is 11.5. The molecule has 0 unspecified atom stereocenters. The number of nitrogens with one attached hydrogen (secondary N) is 2. The first-order chi connectivity index (χ1) is 12.1. The number of sulfonamides is 1. The Labute approximate surface area is 156 Å². The van der Waals surface area contributed by atoms with Crippen molar-refractivity contribution in [2.45, 2.75) is 24.8 Å². The summed E-state index contributed by atoms with van der Waals surface area (Å²) >= 11 is 5.69. The van der Waals surface area contributed by atoms with Crippen LogP contribution in [-0.2, 0) is 10.0 Å². The van der Waals surface area contributed by atoms with Crippen LogP contribution in [0.5, 0.6) is 5.75 Å². The molecule has 0 aliphatic heterocycles. The van der Waals surface area contributed by atoms with Gasteiger partial charge >= 0.3 is 0 Å². The van der Waals surface area contributed by atoms with Gasteiger partial charge in [-0.2, -0.15) is 0 Å². The fourth-order valence-corrected chi connectivity index (χ4v) is 3.81. The Hall–Kier alpha value is -2.16. The molecule has 1 amide bonds. The molecule has 6 nitrogen and oxygen atoms in total. The maximum absolute atomic E-state index is 13.2. The Kier molecular flexibility index (Phi) is 6.22. The fraction of sp³-hybridized carbons (Fsp3) is 0.235. The molecule has 0 saturated carbocycles. The van der Waals surface area contributed by atoms with Gasteiger partial charge in [0.1, 0.15) is 16.5 Å². The zero-order valence-electron chi connectivity index (χ0n) is 14.3. The number of benzene rings is 2. The van der Waals surface area contributed by atoms with Crippen LogP contribution < -0.4 is 14.8 Å². The highest BCUT2D eigenvalue weighted by Gasteiger charge is 2.22. The second-order valence-electron chi connectivity index (χ2n) is 5.72. The summed E-state index contributed by atoms with van der Waals surface area (Å²) in [5, 5.41) is 2.40. The standard InChI is InChI=1S/C17H18ClFN2O4S/c1-10(2)21-26(23,24)16-8-11(4-7-15(16)25-3)17(22)20-12-5-6-14(19)13(18)9-12/h4-10,21H,1-3H3,(H,20,22). The first kappa shape index (κ1) is 20.2. The van der Waals surface area contributed by atoms with E-state index in [1.807, 2.05) is 0 Å². The molecule has 0 radical (unpaired) electrons. The van der Waals surface area contributed by atoms with Gasteiger partial charge in [0.25, 0.3) is 5.91 Å². The molecule has 2 N–H and O–H groups in total. The van der Waals surface area contributed by atoms with Gasteiger partial charge in [-0.25, -0.2) is 17.5 Å². The second-order valence-corrected chi connectivity index (χ2v) is 7.81.